The van der Waals surface area contributed by atoms with Crippen LogP contribution in [0.1, 0.15) is 31.1 Å². The second-order valence-corrected chi connectivity index (χ2v) is 4.34. The third kappa shape index (κ3) is 4.18. The Labute approximate surface area is 98.0 Å². The van der Waals surface area contributed by atoms with Gasteiger partial charge in [0.2, 0.25) is 0 Å². The molecule has 0 fully saturated rings. The normalized spacial score (nSPS) is 10.8. The van der Waals surface area contributed by atoms with Gasteiger partial charge in [-0.05, 0) is 20.8 Å². The number of hydrogen-bond acceptors (Lipinski definition) is 4. The van der Waals surface area contributed by atoms with Gasteiger partial charge >= 0.3 is 6.09 Å². The Morgan fingerprint density at radius 3 is 2.65 bits per heavy atom. The lowest BCUT2D eigenvalue weighted by atomic mass is 10.2. The monoisotopic (exact) mass is 240 g/mol. The number of halogens is 1. The number of anilines is 1. The topological polar surface area (TPSA) is 68.3 Å². The maximum absolute atomic E-state index is 13.2. The summed E-state index contributed by atoms with van der Waals surface area (Å²) in [5.41, 5.74) is -0.814. The summed E-state index contributed by atoms with van der Waals surface area (Å²) in [4.78, 5) is 25.4. The van der Waals surface area contributed by atoms with E-state index in [1.54, 1.807) is 20.8 Å². The first-order valence-corrected chi connectivity index (χ1v) is 4.92. The van der Waals surface area contributed by atoms with Gasteiger partial charge in [-0.2, -0.15) is 0 Å². The molecule has 1 heterocycles. The Bertz CT molecular complexity index is 441. The van der Waals surface area contributed by atoms with E-state index in [0.717, 1.165) is 12.3 Å². The van der Waals surface area contributed by atoms with Crippen LogP contribution in [0.25, 0.3) is 0 Å². The van der Waals surface area contributed by atoms with Crippen molar-refractivity contribution >= 4 is 18.2 Å². The van der Waals surface area contributed by atoms with Gasteiger partial charge in [-0.1, -0.05) is 0 Å². The van der Waals surface area contributed by atoms with Crippen LogP contribution in [0.3, 0.4) is 0 Å². The lowest BCUT2D eigenvalue weighted by Gasteiger charge is -2.19. The first-order valence-electron chi connectivity index (χ1n) is 4.92. The number of nitrogens with one attached hydrogen (secondary N) is 1. The van der Waals surface area contributed by atoms with E-state index in [4.69, 9.17) is 4.74 Å². The van der Waals surface area contributed by atoms with Crippen LogP contribution < -0.4 is 5.32 Å². The zero-order valence-electron chi connectivity index (χ0n) is 9.78. The highest BCUT2D eigenvalue weighted by Gasteiger charge is 2.16. The molecule has 0 spiro atoms. The summed E-state index contributed by atoms with van der Waals surface area (Å²) >= 11 is 0. The summed E-state index contributed by atoms with van der Waals surface area (Å²) in [6, 6.07) is 0.952. The molecule has 0 bridgehead atoms. The second-order valence-electron chi connectivity index (χ2n) is 4.34. The zero-order chi connectivity index (χ0) is 13.1. The highest BCUT2D eigenvalue weighted by molar-refractivity contribution is 5.84. The van der Waals surface area contributed by atoms with Crippen LogP contribution >= 0.6 is 0 Å². The van der Waals surface area contributed by atoms with Crippen molar-refractivity contribution in [3.63, 3.8) is 0 Å². The molecule has 0 aliphatic carbocycles. The van der Waals surface area contributed by atoms with E-state index < -0.39 is 17.5 Å². The number of nitrogens with zero attached hydrogens (tertiary/aromatic N) is 1. The van der Waals surface area contributed by atoms with Crippen LogP contribution in [0.15, 0.2) is 12.3 Å². The highest BCUT2D eigenvalue weighted by atomic mass is 19.1. The Balaban J connectivity index is 2.73. The van der Waals surface area contributed by atoms with E-state index in [9.17, 15) is 14.0 Å². The van der Waals surface area contributed by atoms with E-state index in [0.29, 0.717) is 6.29 Å². The summed E-state index contributed by atoms with van der Waals surface area (Å²) < 4.78 is 18.1. The predicted molar refractivity (Wildman–Crippen MR) is 59.4 cm³/mol. The maximum Gasteiger partial charge on any atom is 0.413 e. The van der Waals surface area contributed by atoms with Gasteiger partial charge in [0.1, 0.15) is 17.2 Å². The van der Waals surface area contributed by atoms with Crippen LogP contribution in [0.4, 0.5) is 15.0 Å². The van der Waals surface area contributed by atoms with Crippen molar-refractivity contribution in [3.05, 3.63) is 23.6 Å². The molecule has 6 heteroatoms. The maximum atomic E-state index is 13.2. The molecule has 1 rings (SSSR count). The van der Waals surface area contributed by atoms with Crippen molar-refractivity contribution in [1.29, 1.82) is 0 Å². The van der Waals surface area contributed by atoms with Crippen LogP contribution in [0.5, 0.6) is 0 Å². The Hall–Kier alpha value is -1.98. The molecular formula is C11H13FN2O3. The van der Waals surface area contributed by atoms with E-state index >= 15 is 0 Å². The van der Waals surface area contributed by atoms with Gasteiger partial charge < -0.3 is 4.74 Å². The van der Waals surface area contributed by atoms with Gasteiger partial charge in [-0.25, -0.2) is 14.2 Å². The Morgan fingerprint density at radius 1 is 1.53 bits per heavy atom. The summed E-state index contributed by atoms with van der Waals surface area (Å²) in [5.74, 6) is -0.761. The summed E-state index contributed by atoms with van der Waals surface area (Å²) in [7, 11) is 0. The number of aromatic nitrogens is 1. The molecule has 0 aromatic carbocycles. The Kier molecular flexibility index (Phi) is 3.77. The molecule has 0 aliphatic rings. The molecule has 0 atom stereocenters. The Morgan fingerprint density at radius 2 is 2.18 bits per heavy atom. The number of carbonyl (C=O) groups is 2. The first-order chi connectivity index (χ1) is 7.81. The van der Waals surface area contributed by atoms with Gasteiger partial charge in [0.05, 0.1) is 5.56 Å². The van der Waals surface area contributed by atoms with Crippen LogP contribution in [0.2, 0.25) is 0 Å². The number of pyridine rings is 1. The van der Waals surface area contributed by atoms with Crippen LogP contribution in [0, 0.1) is 5.82 Å². The average Bonchev–Trinajstić information content (AvgIpc) is 2.14. The highest BCUT2D eigenvalue weighted by Crippen LogP contribution is 2.12. The number of ether oxygens (including phenoxy) is 1. The molecule has 1 aromatic rings. The quantitative estimate of drug-likeness (QED) is 0.806. The van der Waals surface area contributed by atoms with Crippen molar-refractivity contribution in [2.75, 3.05) is 5.32 Å². The van der Waals surface area contributed by atoms with Gasteiger partial charge in [0, 0.05) is 12.3 Å². The molecule has 17 heavy (non-hydrogen) atoms. The zero-order valence-corrected chi connectivity index (χ0v) is 9.78. The minimum absolute atomic E-state index is 0.0117. The number of rotatable bonds is 2. The van der Waals surface area contributed by atoms with E-state index in [1.165, 1.54) is 0 Å². The van der Waals surface area contributed by atoms with E-state index in [1.807, 2.05) is 0 Å². The fourth-order valence-corrected chi connectivity index (χ4v) is 1.00. The van der Waals surface area contributed by atoms with E-state index in [-0.39, 0.29) is 11.4 Å². The third-order valence-electron chi connectivity index (χ3n) is 1.64. The van der Waals surface area contributed by atoms with Gasteiger partial charge in [0.25, 0.3) is 0 Å². The van der Waals surface area contributed by atoms with Gasteiger partial charge in [-0.3, -0.25) is 10.1 Å². The standard InChI is InChI=1S/C11H13FN2O3/c1-11(2,3)17-10(16)14-9-4-8(12)7(6-15)5-13-9/h4-6H,1-3H3,(H,13,14,16). The lowest BCUT2D eigenvalue weighted by Crippen LogP contribution is -2.27. The molecule has 92 valence electrons. The molecule has 1 amide bonds. The molecular weight excluding hydrogens is 227 g/mol. The SMILES string of the molecule is CC(C)(C)OC(=O)Nc1cc(F)c(C=O)cn1. The van der Waals surface area contributed by atoms with Crippen LogP contribution in [-0.2, 0) is 4.74 Å². The minimum atomic E-state index is -0.749. The molecule has 5 nitrogen and oxygen atoms in total. The van der Waals surface area contributed by atoms with Crippen molar-refractivity contribution in [3.8, 4) is 0 Å². The molecule has 0 saturated carbocycles. The number of hydrogen-bond donors (Lipinski definition) is 1. The van der Waals surface area contributed by atoms with Crippen molar-refractivity contribution in [2.24, 2.45) is 0 Å². The first kappa shape index (κ1) is 13.1. The van der Waals surface area contributed by atoms with Crippen molar-refractivity contribution in [1.82, 2.24) is 4.98 Å². The van der Waals surface area contributed by atoms with Crippen molar-refractivity contribution < 1.29 is 18.7 Å². The summed E-state index contributed by atoms with van der Waals surface area (Å²) in [6.07, 6.45) is 0.650. The number of carbonyl (C=O) groups excluding carboxylic acids is 2. The smallest absolute Gasteiger partial charge is 0.413 e. The molecule has 0 aliphatic heterocycles. The second kappa shape index (κ2) is 4.90. The third-order valence-corrected chi connectivity index (χ3v) is 1.64. The van der Waals surface area contributed by atoms with Crippen LogP contribution in [-0.4, -0.2) is 23.0 Å². The average molecular weight is 240 g/mol. The summed E-state index contributed by atoms with van der Waals surface area (Å²) in [6.45, 7) is 5.11. The summed E-state index contributed by atoms with van der Waals surface area (Å²) in [5, 5.41) is 2.26. The number of aldehydes is 1. The van der Waals surface area contributed by atoms with Gasteiger partial charge in [0.15, 0.2) is 6.29 Å². The van der Waals surface area contributed by atoms with Crippen molar-refractivity contribution in [2.45, 2.75) is 26.4 Å². The largest absolute Gasteiger partial charge is 0.444 e. The fraction of sp³-hybridized carbons (Fsp3) is 0.364. The minimum Gasteiger partial charge on any atom is -0.444 e. The van der Waals surface area contributed by atoms with E-state index in [2.05, 4.69) is 10.3 Å². The molecule has 1 N–H and O–H groups in total. The molecule has 0 saturated heterocycles. The number of amides is 1. The molecule has 0 radical (unpaired) electrons. The predicted octanol–water partition coefficient (Wildman–Crippen LogP) is 2.38. The molecule has 0 unspecified atom stereocenters. The van der Waals surface area contributed by atoms with Gasteiger partial charge in [-0.15, -0.1) is 0 Å². The molecule has 1 aromatic heterocycles. The lowest BCUT2D eigenvalue weighted by molar-refractivity contribution is 0.0635. The fourth-order valence-electron chi connectivity index (χ4n) is 1.00.